The van der Waals surface area contributed by atoms with Gasteiger partial charge >= 0.3 is 0 Å². The second-order valence-corrected chi connectivity index (χ2v) is 5.20. The molecule has 0 saturated heterocycles. The van der Waals surface area contributed by atoms with Gasteiger partial charge in [0.15, 0.2) is 0 Å². The maximum atomic E-state index is 11.0. The minimum absolute atomic E-state index is 0.227. The Hall–Kier alpha value is 0.0700. The van der Waals surface area contributed by atoms with Crippen molar-refractivity contribution >= 4 is 10.8 Å². The first-order chi connectivity index (χ1) is 6.07. The zero-order valence-electron chi connectivity index (χ0n) is 9.00. The number of methoxy groups -OCH3 is 1. The van der Waals surface area contributed by atoms with Crippen molar-refractivity contribution in [2.45, 2.75) is 31.6 Å². The molecule has 0 aliphatic heterocycles. The molecule has 0 aliphatic rings. The highest BCUT2D eigenvalue weighted by molar-refractivity contribution is 7.84. The highest BCUT2D eigenvalue weighted by Gasteiger charge is 2.07. The number of nitrogens with one attached hydrogen (secondary N) is 1. The molecule has 0 aromatic rings. The Bertz CT molecular complexity index is 153. The summed E-state index contributed by atoms with van der Waals surface area (Å²) in [5, 5.41) is 3.55. The van der Waals surface area contributed by atoms with E-state index in [9.17, 15) is 4.21 Å². The van der Waals surface area contributed by atoms with E-state index in [1.54, 1.807) is 13.4 Å². The average Bonchev–Trinajstić information content (AvgIpc) is 2.10. The second-order valence-electron chi connectivity index (χ2n) is 3.40. The maximum absolute atomic E-state index is 11.0. The lowest BCUT2D eigenvalue weighted by molar-refractivity contribution is 0.185. The van der Waals surface area contributed by atoms with Crippen molar-refractivity contribution in [1.82, 2.24) is 5.32 Å². The van der Waals surface area contributed by atoms with Crippen molar-refractivity contribution in [3.05, 3.63) is 0 Å². The SMILES string of the molecule is COCCC(C)NCC(C)S(C)=O. The van der Waals surface area contributed by atoms with E-state index < -0.39 is 10.8 Å². The third-order valence-corrected chi connectivity index (χ3v) is 3.38. The summed E-state index contributed by atoms with van der Waals surface area (Å²) in [5.74, 6) is 0. The largest absolute Gasteiger partial charge is 0.385 e. The van der Waals surface area contributed by atoms with Gasteiger partial charge in [-0.15, -0.1) is 0 Å². The van der Waals surface area contributed by atoms with Crippen molar-refractivity contribution in [1.29, 1.82) is 0 Å². The molecule has 0 aromatic carbocycles. The predicted molar refractivity (Wildman–Crippen MR) is 57.5 cm³/mol. The molecule has 1 N–H and O–H groups in total. The van der Waals surface area contributed by atoms with Crippen molar-refractivity contribution in [2.75, 3.05) is 26.5 Å². The fraction of sp³-hybridized carbons (Fsp3) is 1.00. The van der Waals surface area contributed by atoms with Gasteiger partial charge < -0.3 is 10.1 Å². The van der Waals surface area contributed by atoms with Crippen LogP contribution in [0, 0.1) is 0 Å². The van der Waals surface area contributed by atoms with Crippen LogP contribution in [0.2, 0.25) is 0 Å². The molecule has 0 aliphatic carbocycles. The summed E-state index contributed by atoms with van der Waals surface area (Å²) in [6.45, 7) is 5.70. The monoisotopic (exact) mass is 207 g/mol. The van der Waals surface area contributed by atoms with Crippen LogP contribution in [0.4, 0.5) is 0 Å². The summed E-state index contributed by atoms with van der Waals surface area (Å²) < 4.78 is 16.0. The molecule has 0 amide bonds. The molecule has 0 bridgehead atoms. The average molecular weight is 207 g/mol. The molecular formula is C9H21NO2S. The first-order valence-electron chi connectivity index (χ1n) is 4.62. The first-order valence-corrected chi connectivity index (χ1v) is 6.24. The van der Waals surface area contributed by atoms with Gasteiger partial charge in [0.25, 0.3) is 0 Å². The van der Waals surface area contributed by atoms with Crippen LogP contribution in [0.3, 0.4) is 0 Å². The summed E-state index contributed by atoms with van der Waals surface area (Å²) in [5.41, 5.74) is 0. The van der Waals surface area contributed by atoms with Crippen LogP contribution in [0.25, 0.3) is 0 Å². The minimum Gasteiger partial charge on any atom is -0.385 e. The van der Waals surface area contributed by atoms with Gasteiger partial charge in [0.2, 0.25) is 0 Å². The van der Waals surface area contributed by atoms with E-state index in [0.717, 1.165) is 19.6 Å². The molecule has 0 radical (unpaired) electrons. The zero-order chi connectivity index (χ0) is 10.3. The van der Waals surface area contributed by atoms with Gasteiger partial charge in [-0.2, -0.15) is 0 Å². The minimum atomic E-state index is -0.726. The Kier molecular flexibility index (Phi) is 7.51. The van der Waals surface area contributed by atoms with Crippen molar-refractivity contribution in [3.63, 3.8) is 0 Å². The molecule has 0 spiro atoms. The molecule has 0 saturated carbocycles. The second kappa shape index (κ2) is 7.47. The van der Waals surface area contributed by atoms with Crippen LogP contribution >= 0.6 is 0 Å². The third-order valence-electron chi connectivity index (χ3n) is 2.08. The maximum Gasteiger partial charge on any atom is 0.0476 e. The van der Waals surface area contributed by atoms with Gasteiger partial charge in [-0.05, 0) is 20.3 Å². The van der Waals surface area contributed by atoms with Crippen LogP contribution in [0.1, 0.15) is 20.3 Å². The predicted octanol–water partition coefficient (Wildman–Crippen LogP) is 0.768. The Morgan fingerprint density at radius 3 is 2.54 bits per heavy atom. The van der Waals surface area contributed by atoms with E-state index in [4.69, 9.17) is 4.74 Å². The smallest absolute Gasteiger partial charge is 0.0476 e. The van der Waals surface area contributed by atoms with Crippen LogP contribution in [0.15, 0.2) is 0 Å². The standard InChI is InChI=1S/C9H21NO2S/c1-8(5-6-12-3)10-7-9(2)13(4)11/h8-10H,5-7H2,1-4H3. The van der Waals surface area contributed by atoms with Crippen LogP contribution in [0.5, 0.6) is 0 Å². The summed E-state index contributed by atoms with van der Waals surface area (Å²) in [4.78, 5) is 0. The van der Waals surface area contributed by atoms with E-state index in [1.165, 1.54) is 0 Å². The molecule has 3 nitrogen and oxygen atoms in total. The molecule has 0 aromatic heterocycles. The van der Waals surface area contributed by atoms with Gasteiger partial charge in [0.1, 0.15) is 0 Å². The fourth-order valence-corrected chi connectivity index (χ4v) is 1.21. The number of rotatable bonds is 7. The van der Waals surface area contributed by atoms with Gasteiger partial charge in [-0.3, -0.25) is 4.21 Å². The van der Waals surface area contributed by atoms with E-state index >= 15 is 0 Å². The quantitative estimate of drug-likeness (QED) is 0.670. The Morgan fingerprint density at radius 2 is 2.08 bits per heavy atom. The van der Waals surface area contributed by atoms with E-state index in [1.807, 2.05) is 6.92 Å². The molecule has 80 valence electrons. The van der Waals surface area contributed by atoms with Crippen molar-refractivity contribution in [2.24, 2.45) is 0 Å². The third kappa shape index (κ3) is 7.16. The zero-order valence-corrected chi connectivity index (χ0v) is 9.82. The molecular weight excluding hydrogens is 186 g/mol. The van der Waals surface area contributed by atoms with Gasteiger partial charge in [0, 0.05) is 48.6 Å². The number of ether oxygens (including phenoxy) is 1. The number of hydrogen-bond acceptors (Lipinski definition) is 3. The molecule has 3 atom stereocenters. The summed E-state index contributed by atoms with van der Waals surface area (Å²) >= 11 is 0. The fourth-order valence-electron chi connectivity index (χ4n) is 0.881. The summed E-state index contributed by atoms with van der Waals surface area (Å²) in [6.07, 6.45) is 2.74. The lowest BCUT2D eigenvalue weighted by atomic mass is 10.2. The topological polar surface area (TPSA) is 38.3 Å². The first kappa shape index (κ1) is 13.1. The Balaban J connectivity index is 3.45. The van der Waals surface area contributed by atoms with E-state index in [0.29, 0.717) is 6.04 Å². The van der Waals surface area contributed by atoms with E-state index in [2.05, 4.69) is 12.2 Å². The molecule has 0 fully saturated rings. The molecule has 4 heteroatoms. The van der Waals surface area contributed by atoms with Crippen LogP contribution in [-0.4, -0.2) is 42.0 Å². The van der Waals surface area contributed by atoms with E-state index in [-0.39, 0.29) is 5.25 Å². The van der Waals surface area contributed by atoms with Gasteiger partial charge in [0.05, 0.1) is 0 Å². The highest BCUT2D eigenvalue weighted by Crippen LogP contribution is 1.94. The lowest BCUT2D eigenvalue weighted by Crippen LogP contribution is -2.34. The Labute approximate surface area is 83.7 Å². The molecule has 3 unspecified atom stereocenters. The molecule has 0 heterocycles. The molecule has 0 rings (SSSR count). The van der Waals surface area contributed by atoms with Crippen molar-refractivity contribution < 1.29 is 8.95 Å². The summed E-state index contributed by atoms with van der Waals surface area (Å²) in [6, 6.07) is 0.436. The lowest BCUT2D eigenvalue weighted by Gasteiger charge is -2.15. The summed E-state index contributed by atoms with van der Waals surface area (Å²) in [7, 11) is 0.979. The Morgan fingerprint density at radius 1 is 1.46 bits per heavy atom. The normalized spacial score (nSPS) is 18.2. The van der Waals surface area contributed by atoms with Crippen LogP contribution in [-0.2, 0) is 15.5 Å². The molecule has 13 heavy (non-hydrogen) atoms. The number of hydrogen-bond donors (Lipinski definition) is 1. The van der Waals surface area contributed by atoms with Gasteiger partial charge in [-0.25, -0.2) is 0 Å². The highest BCUT2D eigenvalue weighted by atomic mass is 32.2. The van der Waals surface area contributed by atoms with Crippen molar-refractivity contribution in [3.8, 4) is 0 Å². The van der Waals surface area contributed by atoms with Gasteiger partial charge in [-0.1, -0.05) is 0 Å². The van der Waals surface area contributed by atoms with Crippen LogP contribution < -0.4 is 5.32 Å².